The fourth-order valence-electron chi connectivity index (χ4n) is 1.87. The molecule has 17 heavy (non-hydrogen) atoms. The highest BCUT2D eigenvalue weighted by atomic mass is 16.3. The summed E-state index contributed by atoms with van der Waals surface area (Å²) in [6.07, 6.45) is -0.217. The molecule has 3 N–H and O–H groups in total. The Balaban J connectivity index is 2.41. The third-order valence-electron chi connectivity index (χ3n) is 2.79. The molecule has 0 aliphatic heterocycles. The van der Waals surface area contributed by atoms with Crippen LogP contribution in [-0.4, -0.2) is 33.0 Å². The average Bonchev–Trinajstić information content (AvgIpc) is 2.37. The third-order valence-corrected chi connectivity index (χ3v) is 2.79. The van der Waals surface area contributed by atoms with E-state index in [1.54, 1.807) is 12.3 Å². The number of aliphatic hydroxyl groups is 3. The third kappa shape index (κ3) is 2.44. The number of hydrogen-bond donors (Lipinski definition) is 3. The van der Waals surface area contributed by atoms with Gasteiger partial charge in [-0.2, -0.15) is 0 Å². The summed E-state index contributed by atoms with van der Waals surface area (Å²) in [5.74, 6) is 0. The molecule has 4 nitrogen and oxygen atoms in total. The van der Waals surface area contributed by atoms with Crippen LogP contribution in [0.4, 0.5) is 0 Å². The highest BCUT2D eigenvalue weighted by Crippen LogP contribution is 2.25. The molecule has 0 radical (unpaired) electrons. The predicted octanol–water partition coefficient (Wildman–Crippen LogP) is 1.01. The minimum absolute atomic E-state index is 0.151. The zero-order valence-electron chi connectivity index (χ0n) is 9.32. The van der Waals surface area contributed by atoms with Crippen molar-refractivity contribution in [3.63, 3.8) is 0 Å². The lowest BCUT2D eigenvalue weighted by Gasteiger charge is -2.18. The number of aliphatic hydroxyl groups excluding tert-OH is 3. The van der Waals surface area contributed by atoms with Crippen LogP contribution >= 0.6 is 0 Å². The highest BCUT2D eigenvalue weighted by molar-refractivity contribution is 5.82. The van der Waals surface area contributed by atoms with Crippen molar-refractivity contribution in [1.29, 1.82) is 0 Å². The number of fused-ring (bicyclic) bond motifs is 1. The summed E-state index contributed by atoms with van der Waals surface area (Å²) in [7, 11) is 0. The summed E-state index contributed by atoms with van der Waals surface area (Å²) in [6.45, 7) is -0.152. The lowest BCUT2D eigenvalue weighted by molar-refractivity contribution is 0.00498. The van der Waals surface area contributed by atoms with Crippen molar-refractivity contribution in [3.8, 4) is 0 Å². The standard InChI is InChI=1S/C13H15NO3/c15-8-6-12(16)13(17)10-5-7-14-11-4-2-1-3-9(10)11/h1-5,7,12-13,15-17H,6,8H2. The summed E-state index contributed by atoms with van der Waals surface area (Å²) >= 11 is 0. The molecule has 0 spiro atoms. The van der Waals surface area contributed by atoms with Crippen LogP contribution in [0.5, 0.6) is 0 Å². The predicted molar refractivity (Wildman–Crippen MR) is 64.4 cm³/mol. The smallest absolute Gasteiger partial charge is 0.106 e. The Bertz CT molecular complexity index is 495. The molecule has 1 heterocycles. The molecule has 0 aliphatic carbocycles. The molecule has 2 atom stereocenters. The lowest BCUT2D eigenvalue weighted by Crippen LogP contribution is -2.19. The van der Waals surface area contributed by atoms with Gasteiger partial charge in [-0.3, -0.25) is 4.98 Å². The molecule has 0 bridgehead atoms. The normalized spacial score (nSPS) is 14.8. The zero-order chi connectivity index (χ0) is 12.3. The van der Waals surface area contributed by atoms with E-state index in [0.29, 0.717) is 5.56 Å². The Morgan fingerprint density at radius 3 is 2.65 bits per heavy atom. The summed E-state index contributed by atoms with van der Waals surface area (Å²) < 4.78 is 0. The second kappa shape index (κ2) is 5.23. The van der Waals surface area contributed by atoms with E-state index in [1.807, 2.05) is 24.3 Å². The second-order valence-corrected chi connectivity index (χ2v) is 3.94. The van der Waals surface area contributed by atoms with Gasteiger partial charge in [0, 0.05) is 18.2 Å². The summed E-state index contributed by atoms with van der Waals surface area (Å²) in [5, 5.41) is 29.3. The Hall–Kier alpha value is -1.49. The van der Waals surface area contributed by atoms with Crippen LogP contribution in [0.2, 0.25) is 0 Å². The number of hydrogen-bond acceptors (Lipinski definition) is 4. The van der Waals surface area contributed by atoms with Gasteiger partial charge in [-0.15, -0.1) is 0 Å². The maximum absolute atomic E-state index is 10.0. The van der Waals surface area contributed by atoms with Crippen molar-refractivity contribution in [2.24, 2.45) is 0 Å². The summed E-state index contributed by atoms with van der Waals surface area (Å²) in [6, 6.07) is 9.12. The van der Waals surface area contributed by atoms with Crippen LogP contribution in [0.25, 0.3) is 10.9 Å². The quantitative estimate of drug-likeness (QED) is 0.737. The van der Waals surface area contributed by atoms with Gasteiger partial charge in [0.1, 0.15) is 6.10 Å². The number of nitrogens with zero attached hydrogens (tertiary/aromatic N) is 1. The highest BCUT2D eigenvalue weighted by Gasteiger charge is 2.19. The van der Waals surface area contributed by atoms with Crippen molar-refractivity contribution in [3.05, 3.63) is 42.1 Å². The van der Waals surface area contributed by atoms with Crippen LogP contribution < -0.4 is 0 Å². The summed E-state index contributed by atoms with van der Waals surface area (Å²) in [5.41, 5.74) is 1.41. The SMILES string of the molecule is OCCC(O)C(O)c1ccnc2ccccc12. The monoisotopic (exact) mass is 233 g/mol. The largest absolute Gasteiger partial charge is 0.396 e. The lowest BCUT2D eigenvalue weighted by atomic mass is 9.99. The van der Waals surface area contributed by atoms with Crippen molar-refractivity contribution in [2.45, 2.75) is 18.6 Å². The van der Waals surface area contributed by atoms with Crippen molar-refractivity contribution in [2.75, 3.05) is 6.61 Å². The van der Waals surface area contributed by atoms with E-state index < -0.39 is 12.2 Å². The summed E-state index contributed by atoms with van der Waals surface area (Å²) in [4.78, 5) is 4.19. The molecule has 4 heteroatoms. The average molecular weight is 233 g/mol. The fraction of sp³-hybridized carbons (Fsp3) is 0.308. The Morgan fingerprint density at radius 1 is 1.12 bits per heavy atom. The molecule has 0 saturated carbocycles. The molecule has 0 amide bonds. The van der Waals surface area contributed by atoms with Crippen molar-refractivity contribution >= 4 is 10.9 Å². The maximum atomic E-state index is 10.0. The minimum atomic E-state index is -1.00. The van der Waals surface area contributed by atoms with Crippen molar-refractivity contribution < 1.29 is 15.3 Å². The van der Waals surface area contributed by atoms with Gasteiger partial charge in [0.25, 0.3) is 0 Å². The molecule has 1 aromatic carbocycles. The molecule has 2 aromatic rings. The van der Waals surface area contributed by atoms with Gasteiger partial charge in [0.05, 0.1) is 11.6 Å². The zero-order valence-corrected chi connectivity index (χ0v) is 9.32. The van der Waals surface area contributed by atoms with Crippen molar-refractivity contribution in [1.82, 2.24) is 4.98 Å². The molecule has 1 aromatic heterocycles. The van der Waals surface area contributed by atoms with E-state index in [9.17, 15) is 10.2 Å². The first-order chi connectivity index (χ1) is 8.24. The molecule has 0 aliphatic rings. The fourth-order valence-corrected chi connectivity index (χ4v) is 1.87. The molecule has 0 saturated heterocycles. The molecular weight excluding hydrogens is 218 g/mol. The second-order valence-electron chi connectivity index (χ2n) is 3.94. The first-order valence-corrected chi connectivity index (χ1v) is 5.54. The number of benzene rings is 1. The topological polar surface area (TPSA) is 73.6 Å². The molecule has 2 rings (SSSR count). The van der Waals surface area contributed by atoms with E-state index in [1.165, 1.54) is 0 Å². The van der Waals surface area contributed by atoms with Crippen LogP contribution in [0.1, 0.15) is 18.1 Å². The Morgan fingerprint density at radius 2 is 1.88 bits per heavy atom. The van der Waals surface area contributed by atoms with Gasteiger partial charge in [-0.1, -0.05) is 18.2 Å². The molecule has 0 fully saturated rings. The van der Waals surface area contributed by atoms with E-state index >= 15 is 0 Å². The van der Waals surface area contributed by atoms with Crippen LogP contribution in [0, 0.1) is 0 Å². The first kappa shape index (κ1) is 12.0. The van der Waals surface area contributed by atoms with E-state index in [2.05, 4.69) is 4.98 Å². The van der Waals surface area contributed by atoms with Gasteiger partial charge in [0.15, 0.2) is 0 Å². The number of rotatable bonds is 4. The van der Waals surface area contributed by atoms with Gasteiger partial charge in [-0.05, 0) is 24.1 Å². The van der Waals surface area contributed by atoms with Gasteiger partial charge in [-0.25, -0.2) is 0 Å². The van der Waals surface area contributed by atoms with Gasteiger partial charge >= 0.3 is 0 Å². The van der Waals surface area contributed by atoms with E-state index in [-0.39, 0.29) is 13.0 Å². The van der Waals surface area contributed by atoms with Crippen LogP contribution in [0.3, 0.4) is 0 Å². The van der Waals surface area contributed by atoms with E-state index in [4.69, 9.17) is 5.11 Å². The molecule has 90 valence electrons. The van der Waals surface area contributed by atoms with Crippen LogP contribution in [0.15, 0.2) is 36.5 Å². The number of para-hydroxylation sites is 1. The van der Waals surface area contributed by atoms with Gasteiger partial charge < -0.3 is 15.3 Å². The maximum Gasteiger partial charge on any atom is 0.106 e. The molecular formula is C13H15NO3. The Labute approximate surface area is 99.2 Å². The number of pyridine rings is 1. The Kier molecular flexibility index (Phi) is 3.68. The number of aromatic nitrogens is 1. The minimum Gasteiger partial charge on any atom is -0.396 e. The van der Waals surface area contributed by atoms with Crippen LogP contribution in [-0.2, 0) is 0 Å². The van der Waals surface area contributed by atoms with Gasteiger partial charge in [0.2, 0.25) is 0 Å². The molecule has 2 unspecified atom stereocenters. The van der Waals surface area contributed by atoms with E-state index in [0.717, 1.165) is 10.9 Å². The first-order valence-electron chi connectivity index (χ1n) is 5.54.